The van der Waals surface area contributed by atoms with E-state index in [1.807, 2.05) is 13.0 Å². The van der Waals surface area contributed by atoms with Crippen molar-refractivity contribution in [2.75, 3.05) is 0 Å². The van der Waals surface area contributed by atoms with Gasteiger partial charge in [-0.15, -0.1) is 0 Å². The van der Waals surface area contributed by atoms with Crippen molar-refractivity contribution in [3.05, 3.63) is 28.8 Å². The van der Waals surface area contributed by atoms with E-state index in [1.54, 1.807) is 0 Å². The molecule has 1 aromatic rings. The maximum Gasteiger partial charge on any atom is 0.207 e. The van der Waals surface area contributed by atoms with Gasteiger partial charge in [0.25, 0.3) is 0 Å². The largest absolute Gasteiger partial charge is 0.481 e. The average molecular weight is 246 g/mol. The van der Waals surface area contributed by atoms with Crippen LogP contribution in [-0.2, 0) is 5.41 Å². The van der Waals surface area contributed by atoms with Gasteiger partial charge in [-0.2, -0.15) is 0 Å². The molecule has 1 aliphatic rings. The summed E-state index contributed by atoms with van der Waals surface area (Å²) in [6.45, 7) is 10.6. The zero-order valence-electron chi connectivity index (χ0n) is 12.0. The summed E-state index contributed by atoms with van der Waals surface area (Å²) in [6.07, 6.45) is 1.50. The van der Waals surface area contributed by atoms with E-state index >= 15 is 0 Å². The van der Waals surface area contributed by atoms with E-state index in [-0.39, 0.29) is 17.3 Å². The number of hydrogen-bond acceptors (Lipinski definition) is 2. The van der Waals surface area contributed by atoms with E-state index in [0.29, 0.717) is 0 Å². The zero-order valence-corrected chi connectivity index (χ0v) is 12.0. The van der Waals surface area contributed by atoms with Crippen molar-refractivity contribution in [1.82, 2.24) is 0 Å². The topological polar surface area (TPSA) is 26.3 Å². The second kappa shape index (κ2) is 4.42. The zero-order chi connectivity index (χ0) is 13.5. The number of Topliss-reactive ketones (excluding diaryl/α,β-unsaturated/α-hetero) is 1. The molecule has 0 radical (unpaired) electrons. The van der Waals surface area contributed by atoms with Crippen LogP contribution in [0.2, 0.25) is 0 Å². The molecule has 98 valence electrons. The Kier molecular flexibility index (Phi) is 3.22. The normalized spacial score (nSPS) is 18.7. The molecule has 0 N–H and O–H groups in total. The molecule has 0 aromatic heterocycles. The molecule has 2 rings (SSSR count). The second-order valence-corrected chi connectivity index (χ2v) is 6.20. The lowest BCUT2D eigenvalue weighted by molar-refractivity contribution is 0.0843. The third kappa shape index (κ3) is 2.16. The monoisotopic (exact) mass is 246 g/mol. The highest BCUT2D eigenvalue weighted by Gasteiger charge is 2.35. The summed E-state index contributed by atoms with van der Waals surface area (Å²) in [7, 11) is 0. The lowest BCUT2D eigenvalue weighted by Crippen LogP contribution is -2.20. The van der Waals surface area contributed by atoms with Gasteiger partial charge in [0.1, 0.15) is 5.75 Å². The SMILES string of the molecule is CCCC1Oc2c(cc(C)cc2C(C)(C)C)C1=O. The van der Waals surface area contributed by atoms with Crippen molar-refractivity contribution in [2.24, 2.45) is 0 Å². The van der Waals surface area contributed by atoms with Gasteiger partial charge in [0, 0.05) is 5.56 Å². The van der Waals surface area contributed by atoms with Crippen molar-refractivity contribution in [3.63, 3.8) is 0 Å². The Morgan fingerprint density at radius 3 is 2.50 bits per heavy atom. The van der Waals surface area contributed by atoms with Crippen molar-refractivity contribution in [1.29, 1.82) is 0 Å². The van der Waals surface area contributed by atoms with Gasteiger partial charge in [-0.05, 0) is 30.4 Å². The number of ether oxygens (including phenoxy) is 1. The van der Waals surface area contributed by atoms with E-state index in [1.165, 1.54) is 0 Å². The van der Waals surface area contributed by atoms with Gasteiger partial charge in [-0.3, -0.25) is 4.79 Å². The first kappa shape index (κ1) is 13.1. The number of carbonyl (C=O) groups excluding carboxylic acids is 1. The fraction of sp³-hybridized carbons (Fsp3) is 0.562. The number of hydrogen-bond donors (Lipinski definition) is 0. The van der Waals surface area contributed by atoms with Crippen molar-refractivity contribution in [3.8, 4) is 5.75 Å². The van der Waals surface area contributed by atoms with Crippen LogP contribution in [0.1, 0.15) is 62.0 Å². The number of carbonyl (C=O) groups is 1. The Hall–Kier alpha value is -1.31. The lowest BCUT2D eigenvalue weighted by Gasteiger charge is -2.22. The van der Waals surface area contributed by atoms with Gasteiger partial charge in [0.05, 0.1) is 5.56 Å². The first-order valence-corrected chi connectivity index (χ1v) is 6.70. The van der Waals surface area contributed by atoms with Gasteiger partial charge in [-0.25, -0.2) is 0 Å². The van der Waals surface area contributed by atoms with Crippen LogP contribution in [0.4, 0.5) is 0 Å². The van der Waals surface area contributed by atoms with E-state index in [2.05, 4.69) is 33.8 Å². The van der Waals surface area contributed by atoms with Gasteiger partial charge in [0.2, 0.25) is 5.78 Å². The molecule has 0 saturated carbocycles. The van der Waals surface area contributed by atoms with Crippen molar-refractivity contribution < 1.29 is 9.53 Å². The molecule has 0 aliphatic carbocycles. The minimum atomic E-state index is -0.270. The Labute approximate surface area is 109 Å². The summed E-state index contributed by atoms with van der Waals surface area (Å²) >= 11 is 0. The maximum atomic E-state index is 12.3. The van der Waals surface area contributed by atoms with Gasteiger partial charge >= 0.3 is 0 Å². The molecule has 2 nitrogen and oxygen atoms in total. The molecule has 1 aromatic carbocycles. The molecule has 1 aliphatic heterocycles. The Morgan fingerprint density at radius 2 is 1.94 bits per heavy atom. The molecular weight excluding hydrogens is 224 g/mol. The van der Waals surface area contributed by atoms with Crippen LogP contribution < -0.4 is 4.74 Å². The Bertz CT molecular complexity index is 481. The molecule has 0 amide bonds. The van der Waals surface area contributed by atoms with Gasteiger partial charge in [-0.1, -0.05) is 40.2 Å². The predicted octanol–water partition coefficient (Wildman–Crippen LogP) is 4.04. The first-order chi connectivity index (χ1) is 8.34. The van der Waals surface area contributed by atoms with Gasteiger partial charge in [0.15, 0.2) is 6.10 Å². The highest BCUT2D eigenvalue weighted by Crippen LogP contribution is 2.40. The third-order valence-electron chi connectivity index (χ3n) is 3.41. The molecule has 0 saturated heterocycles. The summed E-state index contributed by atoms with van der Waals surface area (Å²) in [5.74, 6) is 0.970. The maximum absolute atomic E-state index is 12.3. The minimum Gasteiger partial charge on any atom is -0.481 e. The number of aryl methyl sites for hydroxylation is 1. The highest BCUT2D eigenvalue weighted by molar-refractivity contribution is 6.05. The highest BCUT2D eigenvalue weighted by atomic mass is 16.5. The molecule has 0 spiro atoms. The molecule has 0 fully saturated rings. The summed E-state index contributed by atoms with van der Waals surface area (Å²) in [6, 6.07) is 4.10. The quantitative estimate of drug-likeness (QED) is 0.787. The van der Waals surface area contributed by atoms with Crippen molar-refractivity contribution in [2.45, 2.75) is 59.0 Å². The Balaban J connectivity index is 2.52. The van der Waals surface area contributed by atoms with E-state index in [4.69, 9.17) is 4.74 Å². The fourth-order valence-corrected chi connectivity index (χ4v) is 2.46. The van der Waals surface area contributed by atoms with Crippen LogP contribution in [0.25, 0.3) is 0 Å². The van der Waals surface area contributed by atoms with E-state index in [0.717, 1.165) is 35.3 Å². The van der Waals surface area contributed by atoms with Crippen LogP contribution in [0.15, 0.2) is 12.1 Å². The number of rotatable bonds is 2. The molecular formula is C16H22O2. The summed E-state index contributed by atoms with van der Waals surface area (Å²) < 4.78 is 5.92. The van der Waals surface area contributed by atoms with E-state index < -0.39 is 0 Å². The van der Waals surface area contributed by atoms with Crippen LogP contribution in [0.5, 0.6) is 5.75 Å². The van der Waals surface area contributed by atoms with Crippen LogP contribution in [-0.4, -0.2) is 11.9 Å². The predicted molar refractivity (Wildman–Crippen MR) is 73.5 cm³/mol. The first-order valence-electron chi connectivity index (χ1n) is 6.70. The average Bonchev–Trinajstić information content (AvgIpc) is 2.55. The standard InChI is InChI=1S/C16H22O2/c1-6-7-13-14(17)11-8-10(2)9-12(15(11)18-13)16(3,4)5/h8-9,13H,6-7H2,1-5H3. The van der Waals surface area contributed by atoms with Gasteiger partial charge < -0.3 is 4.74 Å². The number of fused-ring (bicyclic) bond motifs is 1. The Morgan fingerprint density at radius 1 is 1.28 bits per heavy atom. The van der Waals surface area contributed by atoms with Crippen LogP contribution in [0, 0.1) is 6.92 Å². The fourth-order valence-electron chi connectivity index (χ4n) is 2.46. The van der Waals surface area contributed by atoms with Crippen LogP contribution in [0.3, 0.4) is 0 Å². The smallest absolute Gasteiger partial charge is 0.207 e. The molecule has 1 atom stereocenters. The second-order valence-electron chi connectivity index (χ2n) is 6.20. The summed E-state index contributed by atoms with van der Waals surface area (Å²) in [4.78, 5) is 12.3. The lowest BCUT2D eigenvalue weighted by atomic mass is 9.84. The molecule has 1 unspecified atom stereocenters. The van der Waals surface area contributed by atoms with Crippen molar-refractivity contribution >= 4 is 5.78 Å². The third-order valence-corrected chi connectivity index (χ3v) is 3.41. The summed E-state index contributed by atoms with van der Waals surface area (Å²) in [5, 5.41) is 0. The molecule has 1 heterocycles. The van der Waals surface area contributed by atoms with E-state index in [9.17, 15) is 4.79 Å². The molecule has 0 bridgehead atoms. The number of ketones is 1. The molecule has 2 heteroatoms. The minimum absolute atomic E-state index is 0.00249. The molecule has 18 heavy (non-hydrogen) atoms. The number of benzene rings is 1. The summed E-state index contributed by atoms with van der Waals surface area (Å²) in [5.41, 5.74) is 3.05. The van der Waals surface area contributed by atoms with Crippen LogP contribution >= 0.6 is 0 Å².